The summed E-state index contributed by atoms with van der Waals surface area (Å²) < 4.78 is 1.62. The first-order chi connectivity index (χ1) is 9.08. The molecule has 4 N–H and O–H groups in total. The molecule has 6 nitrogen and oxygen atoms in total. The number of aryl methyl sites for hydroxylation is 1. The smallest absolute Gasteiger partial charge is 0.269 e. The Bertz CT molecular complexity index is 562. The van der Waals surface area contributed by atoms with E-state index in [2.05, 4.69) is 10.3 Å². The van der Waals surface area contributed by atoms with E-state index in [0.717, 1.165) is 0 Å². The zero-order chi connectivity index (χ0) is 13.8. The molecule has 1 aromatic carbocycles. The molecular formula is C13H16N4O2. The number of nitrogens with two attached hydrogens (primary N) is 1. The fourth-order valence-electron chi connectivity index (χ4n) is 1.69. The lowest BCUT2D eigenvalue weighted by atomic mass is 10.1. The van der Waals surface area contributed by atoms with Crippen molar-refractivity contribution in [2.45, 2.75) is 6.10 Å². The highest BCUT2D eigenvalue weighted by Crippen LogP contribution is 2.13. The van der Waals surface area contributed by atoms with Crippen LogP contribution < -0.4 is 11.1 Å². The van der Waals surface area contributed by atoms with Gasteiger partial charge in [-0.3, -0.25) is 4.79 Å². The van der Waals surface area contributed by atoms with E-state index in [1.54, 1.807) is 42.2 Å². The van der Waals surface area contributed by atoms with E-state index in [0.29, 0.717) is 16.9 Å². The van der Waals surface area contributed by atoms with Gasteiger partial charge in [0.15, 0.2) is 0 Å². The molecule has 100 valence electrons. The summed E-state index contributed by atoms with van der Waals surface area (Å²) in [6.45, 7) is 0.133. The number of anilines is 1. The van der Waals surface area contributed by atoms with Gasteiger partial charge in [-0.05, 0) is 17.7 Å². The van der Waals surface area contributed by atoms with Crippen molar-refractivity contribution in [2.75, 3.05) is 12.3 Å². The van der Waals surface area contributed by atoms with Crippen LogP contribution in [-0.2, 0) is 7.05 Å². The van der Waals surface area contributed by atoms with Crippen LogP contribution in [0.15, 0.2) is 36.8 Å². The molecule has 0 saturated carbocycles. The summed E-state index contributed by atoms with van der Waals surface area (Å²) in [4.78, 5) is 15.7. The predicted molar refractivity (Wildman–Crippen MR) is 71.4 cm³/mol. The van der Waals surface area contributed by atoms with Gasteiger partial charge < -0.3 is 20.7 Å². The highest BCUT2D eigenvalue weighted by molar-refractivity contribution is 5.92. The van der Waals surface area contributed by atoms with Gasteiger partial charge in [0.25, 0.3) is 5.91 Å². The maximum Gasteiger partial charge on any atom is 0.269 e. The van der Waals surface area contributed by atoms with Gasteiger partial charge in [-0.15, -0.1) is 0 Å². The van der Waals surface area contributed by atoms with Gasteiger partial charge in [0.2, 0.25) is 0 Å². The number of carbonyl (C=O) groups is 1. The maximum absolute atomic E-state index is 11.8. The highest BCUT2D eigenvalue weighted by atomic mass is 16.3. The third-order valence-corrected chi connectivity index (χ3v) is 2.83. The second-order valence-electron chi connectivity index (χ2n) is 4.28. The van der Waals surface area contributed by atoms with Crippen molar-refractivity contribution in [3.8, 4) is 0 Å². The zero-order valence-corrected chi connectivity index (χ0v) is 10.6. The van der Waals surface area contributed by atoms with Gasteiger partial charge in [0.05, 0.1) is 18.6 Å². The summed E-state index contributed by atoms with van der Waals surface area (Å²) in [5.74, 6) is -0.269. The van der Waals surface area contributed by atoms with Gasteiger partial charge in [-0.1, -0.05) is 12.1 Å². The van der Waals surface area contributed by atoms with Crippen LogP contribution in [0.4, 0.5) is 5.69 Å². The van der Waals surface area contributed by atoms with E-state index in [-0.39, 0.29) is 12.5 Å². The van der Waals surface area contributed by atoms with Crippen LogP contribution in [0.3, 0.4) is 0 Å². The Labute approximate surface area is 110 Å². The van der Waals surface area contributed by atoms with Crippen molar-refractivity contribution < 1.29 is 9.90 Å². The summed E-state index contributed by atoms with van der Waals surface area (Å²) in [5.41, 5.74) is 7.36. The third-order valence-electron chi connectivity index (χ3n) is 2.83. The van der Waals surface area contributed by atoms with Crippen LogP contribution in [0, 0.1) is 0 Å². The molecule has 19 heavy (non-hydrogen) atoms. The first-order valence-corrected chi connectivity index (χ1v) is 5.86. The minimum Gasteiger partial charge on any atom is -0.399 e. The number of nitrogen functional groups attached to an aromatic ring is 1. The largest absolute Gasteiger partial charge is 0.399 e. The van der Waals surface area contributed by atoms with Crippen LogP contribution in [0.25, 0.3) is 0 Å². The van der Waals surface area contributed by atoms with Crippen molar-refractivity contribution in [2.24, 2.45) is 7.05 Å². The summed E-state index contributed by atoms with van der Waals surface area (Å²) in [6.07, 6.45) is 2.26. The number of rotatable bonds is 4. The highest BCUT2D eigenvalue weighted by Gasteiger charge is 2.12. The molecule has 0 aliphatic rings. The molecule has 0 spiro atoms. The molecule has 1 heterocycles. The minimum atomic E-state index is -0.766. The summed E-state index contributed by atoms with van der Waals surface area (Å²) in [6, 6.07) is 6.88. The second kappa shape index (κ2) is 5.53. The fraction of sp³-hybridized carbons (Fsp3) is 0.231. The van der Waals surface area contributed by atoms with Crippen LogP contribution in [0.2, 0.25) is 0 Å². The van der Waals surface area contributed by atoms with Crippen molar-refractivity contribution in [1.82, 2.24) is 14.9 Å². The topological polar surface area (TPSA) is 93.2 Å². The number of benzene rings is 1. The number of carbonyl (C=O) groups excluding carboxylic acids is 1. The van der Waals surface area contributed by atoms with E-state index in [4.69, 9.17) is 5.73 Å². The molecule has 1 aromatic heterocycles. The Balaban J connectivity index is 1.94. The van der Waals surface area contributed by atoms with Crippen molar-refractivity contribution in [1.29, 1.82) is 0 Å². The molecule has 1 atom stereocenters. The average Bonchev–Trinajstić information content (AvgIpc) is 2.83. The normalized spacial score (nSPS) is 12.1. The second-order valence-corrected chi connectivity index (χ2v) is 4.28. The Kier molecular flexibility index (Phi) is 3.82. The molecule has 2 aromatic rings. The number of aliphatic hydroxyl groups excluding tert-OH is 1. The lowest BCUT2D eigenvalue weighted by Crippen LogP contribution is -2.29. The number of hydrogen-bond donors (Lipinski definition) is 3. The van der Waals surface area contributed by atoms with Crippen LogP contribution in [-0.4, -0.2) is 27.1 Å². The van der Waals surface area contributed by atoms with E-state index in [1.165, 1.54) is 6.20 Å². The predicted octanol–water partition coefficient (Wildman–Crippen LogP) is 0.466. The van der Waals surface area contributed by atoms with E-state index >= 15 is 0 Å². The third kappa shape index (κ3) is 3.11. The molecule has 2 rings (SSSR count). The maximum atomic E-state index is 11.8. The van der Waals surface area contributed by atoms with Crippen LogP contribution >= 0.6 is 0 Å². The molecule has 0 radical (unpaired) electrons. The molecule has 0 aliphatic carbocycles. The van der Waals surface area contributed by atoms with Crippen molar-refractivity contribution in [3.05, 3.63) is 48.0 Å². The Morgan fingerprint density at radius 2 is 2.16 bits per heavy atom. The Morgan fingerprint density at radius 3 is 2.74 bits per heavy atom. The summed E-state index contributed by atoms with van der Waals surface area (Å²) in [7, 11) is 1.73. The minimum absolute atomic E-state index is 0.133. The van der Waals surface area contributed by atoms with Crippen molar-refractivity contribution >= 4 is 11.6 Å². The summed E-state index contributed by atoms with van der Waals surface area (Å²) >= 11 is 0. The molecule has 0 saturated heterocycles. The summed E-state index contributed by atoms with van der Waals surface area (Å²) in [5, 5.41) is 12.6. The van der Waals surface area contributed by atoms with E-state index in [9.17, 15) is 9.90 Å². The lowest BCUT2D eigenvalue weighted by molar-refractivity contribution is 0.0908. The number of hydrogen-bond acceptors (Lipinski definition) is 4. The first-order valence-electron chi connectivity index (χ1n) is 5.86. The van der Waals surface area contributed by atoms with E-state index in [1.807, 2.05) is 0 Å². The van der Waals surface area contributed by atoms with Crippen LogP contribution in [0.5, 0.6) is 0 Å². The first kappa shape index (κ1) is 13.1. The number of amides is 1. The number of imidazole rings is 1. The van der Waals surface area contributed by atoms with Crippen molar-refractivity contribution in [3.63, 3.8) is 0 Å². The quantitative estimate of drug-likeness (QED) is 0.696. The number of nitrogens with one attached hydrogen (secondary N) is 1. The molecule has 6 heteroatoms. The molecule has 0 bridgehead atoms. The number of nitrogens with zero attached hydrogens (tertiary/aromatic N) is 2. The van der Waals surface area contributed by atoms with E-state index < -0.39 is 6.10 Å². The van der Waals surface area contributed by atoms with Gasteiger partial charge >= 0.3 is 0 Å². The number of aliphatic hydroxyl groups is 1. The monoisotopic (exact) mass is 260 g/mol. The SMILES string of the molecule is Cn1cncc1C(=O)NCC(O)c1ccc(N)cc1. The Morgan fingerprint density at radius 1 is 1.47 bits per heavy atom. The molecule has 1 unspecified atom stereocenters. The molecule has 0 fully saturated rings. The number of aromatic nitrogens is 2. The van der Waals surface area contributed by atoms with Gasteiger partial charge in [0, 0.05) is 19.3 Å². The standard InChI is InChI=1S/C13H16N4O2/c1-17-8-15-6-11(17)13(19)16-7-12(18)9-2-4-10(14)5-3-9/h2-6,8,12,18H,7,14H2,1H3,(H,16,19). The molecule has 1 amide bonds. The van der Waals surface area contributed by atoms with Gasteiger partial charge in [-0.2, -0.15) is 0 Å². The van der Waals surface area contributed by atoms with Gasteiger partial charge in [-0.25, -0.2) is 4.98 Å². The fourth-order valence-corrected chi connectivity index (χ4v) is 1.69. The average molecular weight is 260 g/mol. The van der Waals surface area contributed by atoms with Gasteiger partial charge in [0.1, 0.15) is 5.69 Å². The van der Waals surface area contributed by atoms with Crippen LogP contribution in [0.1, 0.15) is 22.2 Å². The Hall–Kier alpha value is -2.34. The molecular weight excluding hydrogens is 244 g/mol. The molecule has 0 aliphatic heterocycles. The zero-order valence-electron chi connectivity index (χ0n) is 10.6. The lowest BCUT2D eigenvalue weighted by Gasteiger charge is -2.12.